The van der Waals surface area contributed by atoms with Gasteiger partial charge in [-0.3, -0.25) is 4.90 Å². The van der Waals surface area contributed by atoms with Gasteiger partial charge in [0.25, 0.3) is 0 Å². The first-order valence-electron chi connectivity index (χ1n) is 8.04. The summed E-state index contributed by atoms with van der Waals surface area (Å²) in [4.78, 5) is 2.46. The van der Waals surface area contributed by atoms with Crippen LogP contribution in [0, 0.1) is 5.41 Å². The Kier molecular flexibility index (Phi) is 5.34. The van der Waals surface area contributed by atoms with Crippen molar-refractivity contribution in [1.29, 1.82) is 0 Å². The van der Waals surface area contributed by atoms with Gasteiger partial charge in [0.05, 0.1) is 6.04 Å². The monoisotopic (exact) mass is 308 g/mol. The first kappa shape index (κ1) is 16.8. The molecule has 2 N–H and O–H groups in total. The minimum absolute atomic E-state index is 0.0600. The molecule has 0 amide bonds. The molecule has 1 fully saturated rings. The van der Waals surface area contributed by atoms with Gasteiger partial charge in [0.15, 0.2) is 0 Å². The Bertz CT molecular complexity index is 460. The molecule has 0 saturated heterocycles. The Morgan fingerprint density at radius 2 is 1.81 bits per heavy atom. The van der Waals surface area contributed by atoms with Gasteiger partial charge in [-0.1, -0.05) is 43.6 Å². The molecule has 2 atom stereocenters. The van der Waals surface area contributed by atoms with E-state index in [1.54, 1.807) is 0 Å². The number of nitrogens with zero attached hydrogens (tertiary/aromatic N) is 1. The highest BCUT2D eigenvalue weighted by Crippen LogP contribution is 2.39. The molecule has 0 aliphatic heterocycles. The van der Waals surface area contributed by atoms with E-state index < -0.39 is 0 Å². The second-order valence-electron chi connectivity index (χ2n) is 7.39. The summed E-state index contributed by atoms with van der Waals surface area (Å²) in [5.41, 5.74) is 7.94. The van der Waals surface area contributed by atoms with Crippen molar-refractivity contribution in [2.45, 2.75) is 64.6 Å². The molecule has 118 valence electrons. The van der Waals surface area contributed by atoms with Gasteiger partial charge in [0.1, 0.15) is 0 Å². The van der Waals surface area contributed by atoms with E-state index in [9.17, 15) is 0 Å². The number of hydrogen-bond donors (Lipinski definition) is 1. The summed E-state index contributed by atoms with van der Waals surface area (Å²) in [6.07, 6.45) is 5.07. The molecule has 2 rings (SSSR count). The van der Waals surface area contributed by atoms with Gasteiger partial charge in [-0.15, -0.1) is 0 Å². The molecule has 21 heavy (non-hydrogen) atoms. The fraction of sp³-hybridized carbons (Fsp3) is 0.667. The van der Waals surface area contributed by atoms with Gasteiger partial charge in [-0.25, -0.2) is 0 Å². The number of nitrogens with two attached hydrogens (primary N) is 1. The van der Waals surface area contributed by atoms with Crippen molar-refractivity contribution in [3.8, 4) is 0 Å². The fourth-order valence-electron chi connectivity index (χ4n) is 3.61. The van der Waals surface area contributed by atoms with Crippen molar-refractivity contribution in [1.82, 2.24) is 4.90 Å². The lowest BCUT2D eigenvalue weighted by Gasteiger charge is -2.43. The second kappa shape index (κ2) is 6.68. The van der Waals surface area contributed by atoms with Crippen molar-refractivity contribution in [2.24, 2.45) is 11.1 Å². The maximum Gasteiger partial charge on any atom is 0.0511 e. The summed E-state index contributed by atoms with van der Waals surface area (Å²) in [6, 6.07) is 8.95. The van der Waals surface area contributed by atoms with Gasteiger partial charge in [-0.2, -0.15) is 0 Å². The molecular weight excluding hydrogens is 280 g/mol. The SMILES string of the molecule is CC(N)C(c1ccccc1Cl)N(C)C1CCC(C)(C)CC1. The maximum atomic E-state index is 6.41. The largest absolute Gasteiger partial charge is 0.326 e. The topological polar surface area (TPSA) is 29.3 Å². The molecule has 3 heteroatoms. The number of rotatable bonds is 4. The Morgan fingerprint density at radius 3 is 2.33 bits per heavy atom. The van der Waals surface area contributed by atoms with E-state index in [1.165, 1.54) is 25.7 Å². The Hall–Kier alpha value is -0.570. The molecule has 1 aromatic carbocycles. The zero-order valence-corrected chi connectivity index (χ0v) is 14.5. The Balaban J connectivity index is 2.18. The average molecular weight is 309 g/mol. The van der Waals surface area contributed by atoms with E-state index in [0.29, 0.717) is 11.5 Å². The van der Waals surface area contributed by atoms with Crippen LogP contribution in [0.1, 0.15) is 58.1 Å². The van der Waals surface area contributed by atoms with Crippen LogP contribution >= 0.6 is 11.6 Å². The lowest BCUT2D eigenvalue weighted by Crippen LogP contribution is -2.45. The molecule has 1 saturated carbocycles. The summed E-state index contributed by atoms with van der Waals surface area (Å²) < 4.78 is 0. The van der Waals surface area contributed by atoms with E-state index in [2.05, 4.69) is 44.9 Å². The molecule has 1 aliphatic carbocycles. The Labute approximate surface area is 134 Å². The molecule has 0 aromatic heterocycles. The smallest absolute Gasteiger partial charge is 0.0511 e. The van der Waals surface area contributed by atoms with Gasteiger partial charge >= 0.3 is 0 Å². The number of benzene rings is 1. The molecule has 2 nitrogen and oxygen atoms in total. The van der Waals surface area contributed by atoms with Crippen LogP contribution in [0.4, 0.5) is 0 Å². The maximum absolute atomic E-state index is 6.41. The standard InChI is InChI=1S/C18H29ClN2/c1-13(20)17(15-7-5-6-8-16(15)19)21(4)14-9-11-18(2,3)12-10-14/h5-8,13-14,17H,9-12,20H2,1-4H3. The van der Waals surface area contributed by atoms with Crippen LogP contribution in [0.2, 0.25) is 5.02 Å². The lowest BCUT2D eigenvalue weighted by atomic mass is 9.75. The van der Waals surface area contributed by atoms with E-state index in [4.69, 9.17) is 17.3 Å². The first-order valence-corrected chi connectivity index (χ1v) is 8.41. The van der Waals surface area contributed by atoms with Crippen molar-refractivity contribution >= 4 is 11.6 Å². The normalized spacial score (nSPS) is 22.2. The highest BCUT2D eigenvalue weighted by atomic mass is 35.5. The number of halogens is 1. The summed E-state index contributed by atoms with van der Waals surface area (Å²) in [6.45, 7) is 6.83. The van der Waals surface area contributed by atoms with Gasteiger partial charge in [0, 0.05) is 17.1 Å². The third-order valence-electron chi connectivity index (χ3n) is 5.05. The summed E-state index contributed by atoms with van der Waals surface area (Å²) in [5, 5.41) is 0.822. The lowest BCUT2D eigenvalue weighted by molar-refractivity contribution is 0.0857. The average Bonchev–Trinajstić information content (AvgIpc) is 2.40. The molecule has 1 aromatic rings. The Morgan fingerprint density at radius 1 is 1.24 bits per heavy atom. The minimum atomic E-state index is 0.0600. The molecule has 0 radical (unpaired) electrons. The predicted octanol–water partition coefficient (Wildman–Crippen LogP) is 4.63. The van der Waals surface area contributed by atoms with Crippen LogP contribution in [0.25, 0.3) is 0 Å². The third kappa shape index (κ3) is 4.00. The highest BCUT2D eigenvalue weighted by Gasteiger charge is 2.33. The van der Waals surface area contributed by atoms with Gasteiger partial charge < -0.3 is 5.73 Å². The fourth-order valence-corrected chi connectivity index (χ4v) is 3.85. The predicted molar refractivity (Wildman–Crippen MR) is 91.6 cm³/mol. The molecule has 0 heterocycles. The van der Waals surface area contributed by atoms with Crippen molar-refractivity contribution in [2.75, 3.05) is 7.05 Å². The molecule has 1 aliphatic rings. The van der Waals surface area contributed by atoms with Crippen molar-refractivity contribution in [3.63, 3.8) is 0 Å². The van der Waals surface area contributed by atoms with E-state index in [0.717, 1.165) is 10.6 Å². The van der Waals surface area contributed by atoms with E-state index in [1.807, 2.05) is 12.1 Å². The molecule has 0 spiro atoms. The van der Waals surface area contributed by atoms with Crippen molar-refractivity contribution in [3.05, 3.63) is 34.9 Å². The van der Waals surface area contributed by atoms with E-state index in [-0.39, 0.29) is 12.1 Å². The van der Waals surface area contributed by atoms with Crippen LogP contribution < -0.4 is 5.73 Å². The van der Waals surface area contributed by atoms with Gasteiger partial charge in [-0.05, 0) is 56.7 Å². The van der Waals surface area contributed by atoms with Crippen LogP contribution in [0.5, 0.6) is 0 Å². The first-order chi connectivity index (χ1) is 9.82. The van der Waals surface area contributed by atoms with Crippen LogP contribution in [-0.2, 0) is 0 Å². The number of likely N-dealkylation sites (N-methyl/N-ethyl adjacent to an activating group) is 1. The zero-order valence-electron chi connectivity index (χ0n) is 13.8. The highest BCUT2D eigenvalue weighted by molar-refractivity contribution is 6.31. The molecular formula is C18H29ClN2. The third-order valence-corrected chi connectivity index (χ3v) is 5.39. The summed E-state index contributed by atoms with van der Waals surface area (Å²) in [5.74, 6) is 0. The van der Waals surface area contributed by atoms with Crippen LogP contribution in [-0.4, -0.2) is 24.0 Å². The van der Waals surface area contributed by atoms with Crippen molar-refractivity contribution < 1.29 is 0 Å². The number of hydrogen-bond acceptors (Lipinski definition) is 2. The van der Waals surface area contributed by atoms with Gasteiger partial charge in [0.2, 0.25) is 0 Å². The second-order valence-corrected chi connectivity index (χ2v) is 7.79. The van der Waals surface area contributed by atoms with E-state index >= 15 is 0 Å². The van der Waals surface area contributed by atoms with Crippen LogP contribution in [0.3, 0.4) is 0 Å². The summed E-state index contributed by atoms with van der Waals surface area (Å²) >= 11 is 6.41. The molecule has 2 unspecified atom stereocenters. The quantitative estimate of drug-likeness (QED) is 0.878. The summed E-state index contributed by atoms with van der Waals surface area (Å²) in [7, 11) is 2.21. The zero-order chi connectivity index (χ0) is 15.6. The van der Waals surface area contributed by atoms with Crippen LogP contribution in [0.15, 0.2) is 24.3 Å². The minimum Gasteiger partial charge on any atom is -0.326 e. The molecule has 0 bridgehead atoms.